The first-order valence-electron chi connectivity index (χ1n) is 2.92. The Balaban J connectivity index is 4.00. The summed E-state index contributed by atoms with van der Waals surface area (Å²) < 4.78 is 0. The minimum Gasteiger partial charge on any atom is -0.106 e. The Morgan fingerprint density at radius 1 is 1.56 bits per heavy atom. The van der Waals surface area contributed by atoms with E-state index in [1.807, 2.05) is 32.1 Å². The van der Waals surface area contributed by atoms with Crippen molar-refractivity contribution in [2.75, 3.05) is 0 Å². The molecule has 50 valence electrons. The van der Waals surface area contributed by atoms with Crippen LogP contribution in [0.2, 0.25) is 0 Å². The number of hydrogen-bond acceptors (Lipinski definition) is 0. The van der Waals surface area contributed by atoms with Gasteiger partial charge in [-0.1, -0.05) is 24.8 Å². The molecule has 0 saturated carbocycles. The highest BCUT2D eigenvalue weighted by Gasteiger charge is 1.83. The molecular weight excluding hydrogens is 127 g/mol. The lowest BCUT2D eigenvalue weighted by atomic mass is 10.3. The van der Waals surface area contributed by atoms with Crippen molar-refractivity contribution in [3.05, 3.63) is 35.7 Å². The molecule has 0 N–H and O–H groups in total. The molecule has 1 unspecified atom stereocenters. The van der Waals surface area contributed by atoms with E-state index in [2.05, 4.69) is 15.8 Å². The number of hydrogen-bond donors (Lipinski definition) is 0. The summed E-state index contributed by atoms with van der Waals surface area (Å²) in [4.78, 5) is 0. The molecule has 0 aromatic heterocycles. The lowest BCUT2D eigenvalue weighted by Crippen LogP contribution is -1.68. The van der Waals surface area contributed by atoms with Gasteiger partial charge in [-0.05, 0) is 24.7 Å². The van der Waals surface area contributed by atoms with E-state index in [0.717, 1.165) is 5.31 Å². The van der Waals surface area contributed by atoms with Crippen LogP contribution in [-0.2, 0) is 0 Å². The summed E-state index contributed by atoms with van der Waals surface area (Å²) in [5, 5.41) is 1.05. The zero-order chi connectivity index (χ0) is 7.28. The second-order valence-corrected chi connectivity index (χ2v) is 2.60. The van der Waals surface area contributed by atoms with Crippen molar-refractivity contribution in [3.8, 4) is 0 Å². The van der Waals surface area contributed by atoms with Crippen LogP contribution in [0.1, 0.15) is 13.8 Å². The largest absolute Gasteiger partial charge is 0.106 e. The van der Waals surface area contributed by atoms with E-state index in [1.165, 1.54) is 5.57 Å². The predicted octanol–water partition coefficient (Wildman–Crippen LogP) is 2.90. The zero-order valence-corrected chi connectivity index (χ0v) is 7.17. The highest BCUT2D eigenvalue weighted by Crippen LogP contribution is 2.12. The zero-order valence-electron chi connectivity index (χ0n) is 6.02. The summed E-state index contributed by atoms with van der Waals surface area (Å²) in [6, 6.07) is 0. The van der Waals surface area contributed by atoms with E-state index in [9.17, 15) is 0 Å². The first kappa shape index (κ1) is 8.65. The van der Waals surface area contributed by atoms with Gasteiger partial charge in [0.25, 0.3) is 0 Å². The van der Waals surface area contributed by atoms with Crippen molar-refractivity contribution < 1.29 is 0 Å². The summed E-state index contributed by atoms with van der Waals surface area (Å²) in [7, 11) is 2.57. The minimum absolute atomic E-state index is 1.05. The summed E-state index contributed by atoms with van der Waals surface area (Å²) in [5.41, 5.74) is 1.21. The van der Waals surface area contributed by atoms with Gasteiger partial charge in [0.05, 0.1) is 0 Å². The molecule has 0 aromatic carbocycles. The molecule has 9 heavy (non-hydrogen) atoms. The molecule has 0 amide bonds. The fourth-order valence-electron chi connectivity index (χ4n) is 0.348. The monoisotopic (exact) mass is 140 g/mol. The van der Waals surface area contributed by atoms with Gasteiger partial charge < -0.3 is 0 Å². The van der Waals surface area contributed by atoms with Gasteiger partial charge in [-0.2, -0.15) is 0 Å². The Morgan fingerprint density at radius 3 is 2.44 bits per heavy atom. The third-order valence-electron chi connectivity index (χ3n) is 1.05. The molecule has 0 saturated heterocycles. The Kier molecular flexibility index (Phi) is 4.35. The number of allylic oxidation sites excluding steroid dienone is 5. The van der Waals surface area contributed by atoms with Crippen LogP contribution in [-0.4, -0.2) is 0 Å². The molecule has 0 heterocycles. The maximum absolute atomic E-state index is 3.77. The second-order valence-electron chi connectivity index (χ2n) is 1.90. The van der Waals surface area contributed by atoms with E-state index in [4.69, 9.17) is 0 Å². The van der Waals surface area contributed by atoms with Gasteiger partial charge in [0.15, 0.2) is 0 Å². The fourth-order valence-corrected chi connectivity index (χ4v) is 0.444. The van der Waals surface area contributed by atoms with E-state index >= 15 is 0 Å². The van der Waals surface area contributed by atoms with Crippen LogP contribution in [0.5, 0.6) is 0 Å². The van der Waals surface area contributed by atoms with Crippen molar-refractivity contribution in [1.29, 1.82) is 0 Å². The average Bonchev–Trinajstić information content (AvgIpc) is 1.82. The Hall–Kier alpha value is -0.350. The van der Waals surface area contributed by atoms with Crippen LogP contribution in [0.15, 0.2) is 35.7 Å². The third-order valence-corrected chi connectivity index (χ3v) is 1.50. The van der Waals surface area contributed by atoms with Crippen molar-refractivity contribution in [2.45, 2.75) is 13.8 Å². The SMILES string of the molecule is C=C(P)/C(C)=C\C=C/C. The molecule has 0 aliphatic rings. The molecule has 0 radical (unpaired) electrons. The van der Waals surface area contributed by atoms with Gasteiger partial charge in [0.1, 0.15) is 0 Å². The lowest BCUT2D eigenvalue weighted by molar-refractivity contribution is 1.51. The van der Waals surface area contributed by atoms with Gasteiger partial charge in [-0.25, -0.2) is 0 Å². The van der Waals surface area contributed by atoms with Crippen LogP contribution >= 0.6 is 9.24 Å². The van der Waals surface area contributed by atoms with Gasteiger partial charge in [-0.3, -0.25) is 0 Å². The van der Waals surface area contributed by atoms with Crippen molar-refractivity contribution in [2.24, 2.45) is 0 Å². The first-order valence-corrected chi connectivity index (χ1v) is 3.50. The van der Waals surface area contributed by atoms with Crippen LogP contribution in [0.25, 0.3) is 0 Å². The van der Waals surface area contributed by atoms with Gasteiger partial charge >= 0.3 is 0 Å². The van der Waals surface area contributed by atoms with E-state index in [-0.39, 0.29) is 0 Å². The number of rotatable bonds is 2. The van der Waals surface area contributed by atoms with Crippen LogP contribution in [0, 0.1) is 0 Å². The topological polar surface area (TPSA) is 0 Å². The van der Waals surface area contributed by atoms with E-state index in [0.29, 0.717) is 0 Å². The molecule has 0 bridgehead atoms. The molecule has 0 spiro atoms. The molecule has 1 atom stereocenters. The molecule has 0 aliphatic carbocycles. The van der Waals surface area contributed by atoms with Crippen LogP contribution in [0.4, 0.5) is 0 Å². The molecule has 0 fully saturated rings. The maximum atomic E-state index is 3.77. The lowest BCUT2D eigenvalue weighted by Gasteiger charge is -1.93. The Morgan fingerprint density at radius 2 is 2.11 bits per heavy atom. The smallest absolute Gasteiger partial charge is 0.0345 e. The van der Waals surface area contributed by atoms with E-state index < -0.39 is 0 Å². The van der Waals surface area contributed by atoms with Crippen molar-refractivity contribution >= 4 is 9.24 Å². The summed E-state index contributed by atoms with van der Waals surface area (Å²) in [6.07, 6.45) is 6.04. The molecule has 0 aliphatic heterocycles. The third kappa shape index (κ3) is 4.17. The molecule has 0 rings (SSSR count). The molecular formula is C8H13P. The average molecular weight is 140 g/mol. The van der Waals surface area contributed by atoms with Crippen LogP contribution in [0.3, 0.4) is 0 Å². The summed E-state index contributed by atoms with van der Waals surface area (Å²) in [5.74, 6) is 0. The standard InChI is InChI=1S/C8H13P/c1-4-5-6-7(2)8(3)9/h4-6H,3,9H2,1-2H3/b5-4-,7-6-. The predicted molar refractivity (Wildman–Crippen MR) is 47.4 cm³/mol. The quantitative estimate of drug-likeness (QED) is 0.408. The summed E-state index contributed by atoms with van der Waals surface area (Å²) in [6.45, 7) is 7.80. The van der Waals surface area contributed by atoms with Crippen molar-refractivity contribution in [1.82, 2.24) is 0 Å². The first-order chi connectivity index (χ1) is 4.18. The van der Waals surface area contributed by atoms with Gasteiger partial charge in [-0.15, -0.1) is 9.24 Å². The summed E-state index contributed by atoms with van der Waals surface area (Å²) >= 11 is 0. The van der Waals surface area contributed by atoms with Crippen LogP contribution < -0.4 is 0 Å². The Labute approximate surface area is 59.6 Å². The van der Waals surface area contributed by atoms with Crippen molar-refractivity contribution in [3.63, 3.8) is 0 Å². The maximum Gasteiger partial charge on any atom is -0.0345 e. The second kappa shape index (κ2) is 4.52. The van der Waals surface area contributed by atoms with Gasteiger partial charge in [0.2, 0.25) is 0 Å². The normalized spacial score (nSPS) is 12.6. The van der Waals surface area contributed by atoms with E-state index in [1.54, 1.807) is 0 Å². The van der Waals surface area contributed by atoms with Gasteiger partial charge in [0, 0.05) is 0 Å². The Bertz CT molecular complexity index is 152. The highest BCUT2D eigenvalue weighted by molar-refractivity contribution is 7.23. The molecule has 0 aromatic rings. The minimum atomic E-state index is 1.05. The fraction of sp³-hybridized carbons (Fsp3) is 0.250. The molecule has 1 heteroatoms. The highest BCUT2D eigenvalue weighted by atomic mass is 31.0. The molecule has 0 nitrogen and oxygen atoms in total.